The molecule has 2 rings (SSSR count). The van der Waals surface area contributed by atoms with Gasteiger partial charge in [-0.25, -0.2) is 0 Å². The molecule has 94 valence electrons. The van der Waals surface area contributed by atoms with Gasteiger partial charge in [0, 0.05) is 29.4 Å². The van der Waals surface area contributed by atoms with Crippen molar-refractivity contribution in [3.8, 4) is 0 Å². The fraction of sp³-hybridized carbons (Fsp3) is 0.333. The van der Waals surface area contributed by atoms with Crippen molar-refractivity contribution in [1.29, 1.82) is 5.41 Å². The first-order valence-corrected chi connectivity index (χ1v) is 6.36. The Balaban J connectivity index is 2.44. The highest BCUT2D eigenvalue weighted by atomic mass is 16.1. The maximum absolute atomic E-state index is 11.7. The summed E-state index contributed by atoms with van der Waals surface area (Å²) in [5.41, 5.74) is 2.34. The van der Waals surface area contributed by atoms with Crippen LogP contribution in [0.25, 0.3) is 10.9 Å². The minimum atomic E-state index is -0.103. The molecule has 1 unspecified atom stereocenters. The van der Waals surface area contributed by atoms with Gasteiger partial charge in [-0.15, -0.1) is 0 Å². The Bertz CT molecular complexity index is 583. The number of fused-ring (bicyclic) bond motifs is 1. The van der Waals surface area contributed by atoms with Crippen molar-refractivity contribution < 1.29 is 4.79 Å². The first kappa shape index (κ1) is 12.6. The van der Waals surface area contributed by atoms with Gasteiger partial charge in [-0.3, -0.25) is 4.79 Å². The number of benzene rings is 1. The maximum Gasteiger partial charge on any atom is 0.176 e. The standard InChI is InChI=1S/C15H18N2O/c1-3-10(15(16)14(18)4-2)12-9-17-13-8-6-5-7-11(12)13/h5-10,16-17H,3-4H2,1-2H3. The predicted octanol–water partition coefficient (Wildman–Crippen LogP) is 3.66. The van der Waals surface area contributed by atoms with Crippen LogP contribution in [0.15, 0.2) is 30.5 Å². The van der Waals surface area contributed by atoms with Crippen molar-refractivity contribution in [3.05, 3.63) is 36.0 Å². The number of hydrogen-bond donors (Lipinski definition) is 2. The molecule has 1 heterocycles. The van der Waals surface area contributed by atoms with Gasteiger partial charge in [0.05, 0.1) is 5.71 Å². The summed E-state index contributed by atoms with van der Waals surface area (Å²) in [7, 11) is 0. The summed E-state index contributed by atoms with van der Waals surface area (Å²) in [5.74, 6) is -0.166. The number of aromatic nitrogens is 1. The molecule has 0 saturated heterocycles. The fourth-order valence-corrected chi connectivity index (χ4v) is 2.35. The third-order valence-corrected chi connectivity index (χ3v) is 3.37. The number of hydrogen-bond acceptors (Lipinski definition) is 2. The number of nitrogens with one attached hydrogen (secondary N) is 2. The van der Waals surface area contributed by atoms with E-state index in [1.807, 2.05) is 37.4 Å². The van der Waals surface area contributed by atoms with Crippen LogP contribution in [0.5, 0.6) is 0 Å². The van der Waals surface area contributed by atoms with Crippen molar-refractivity contribution in [1.82, 2.24) is 4.98 Å². The number of rotatable bonds is 5. The molecule has 0 saturated carbocycles. The lowest BCUT2D eigenvalue weighted by Gasteiger charge is -2.14. The van der Waals surface area contributed by atoms with Crippen LogP contribution in [-0.4, -0.2) is 16.5 Å². The highest BCUT2D eigenvalue weighted by Crippen LogP contribution is 2.29. The Morgan fingerprint density at radius 1 is 1.33 bits per heavy atom. The van der Waals surface area contributed by atoms with E-state index in [9.17, 15) is 4.79 Å². The van der Waals surface area contributed by atoms with Gasteiger partial charge in [-0.1, -0.05) is 32.0 Å². The summed E-state index contributed by atoms with van der Waals surface area (Å²) in [4.78, 5) is 14.9. The van der Waals surface area contributed by atoms with Crippen LogP contribution < -0.4 is 0 Å². The summed E-state index contributed by atoms with van der Waals surface area (Å²) in [6, 6.07) is 8.01. The first-order valence-electron chi connectivity index (χ1n) is 6.36. The number of Topliss-reactive ketones (excluding diaryl/α,β-unsaturated/α-hetero) is 1. The van der Waals surface area contributed by atoms with Gasteiger partial charge >= 0.3 is 0 Å². The molecule has 0 aliphatic carbocycles. The molecular weight excluding hydrogens is 224 g/mol. The van der Waals surface area contributed by atoms with Crippen molar-refractivity contribution in [2.24, 2.45) is 0 Å². The van der Waals surface area contributed by atoms with E-state index in [1.54, 1.807) is 6.92 Å². The molecule has 0 bridgehead atoms. The van der Waals surface area contributed by atoms with E-state index in [2.05, 4.69) is 4.98 Å². The summed E-state index contributed by atoms with van der Waals surface area (Å²) in [5, 5.41) is 9.15. The van der Waals surface area contributed by atoms with Gasteiger partial charge in [0.15, 0.2) is 5.78 Å². The second kappa shape index (κ2) is 5.17. The second-order valence-corrected chi connectivity index (χ2v) is 4.44. The highest BCUT2D eigenvalue weighted by molar-refractivity contribution is 6.40. The molecule has 0 spiro atoms. The van der Waals surface area contributed by atoms with Crippen LogP contribution in [0.4, 0.5) is 0 Å². The zero-order valence-corrected chi connectivity index (χ0v) is 10.8. The summed E-state index contributed by atoms with van der Waals surface area (Å²) < 4.78 is 0. The Kier molecular flexibility index (Phi) is 3.60. The monoisotopic (exact) mass is 242 g/mol. The Morgan fingerprint density at radius 2 is 2.06 bits per heavy atom. The van der Waals surface area contributed by atoms with Gasteiger partial charge in [-0.05, 0) is 18.1 Å². The molecule has 3 heteroatoms. The molecule has 0 amide bonds. The fourth-order valence-electron chi connectivity index (χ4n) is 2.35. The van der Waals surface area contributed by atoms with E-state index >= 15 is 0 Å². The minimum Gasteiger partial charge on any atom is -0.361 e. The summed E-state index contributed by atoms with van der Waals surface area (Å²) in [6.45, 7) is 3.82. The molecule has 0 aliphatic heterocycles. The van der Waals surface area contributed by atoms with Crippen LogP contribution >= 0.6 is 0 Å². The lowest BCUT2D eigenvalue weighted by atomic mass is 9.89. The van der Waals surface area contributed by atoms with Crippen molar-refractivity contribution in [2.45, 2.75) is 32.6 Å². The van der Waals surface area contributed by atoms with E-state index in [4.69, 9.17) is 5.41 Å². The van der Waals surface area contributed by atoms with E-state index in [0.717, 1.165) is 22.9 Å². The molecule has 1 atom stereocenters. The average molecular weight is 242 g/mol. The normalized spacial score (nSPS) is 12.6. The number of ketones is 1. The van der Waals surface area contributed by atoms with Crippen molar-refractivity contribution in [3.63, 3.8) is 0 Å². The molecule has 0 radical (unpaired) electrons. The largest absolute Gasteiger partial charge is 0.361 e. The van der Waals surface area contributed by atoms with E-state index in [-0.39, 0.29) is 17.4 Å². The molecule has 0 fully saturated rings. The molecule has 18 heavy (non-hydrogen) atoms. The molecule has 0 aliphatic rings. The third-order valence-electron chi connectivity index (χ3n) is 3.37. The molecule has 3 nitrogen and oxygen atoms in total. The molecule has 2 N–H and O–H groups in total. The minimum absolute atomic E-state index is 0.0628. The Labute approximate surface area is 107 Å². The molecule has 2 aromatic rings. The zero-order valence-electron chi connectivity index (χ0n) is 10.8. The van der Waals surface area contributed by atoms with E-state index in [0.29, 0.717) is 6.42 Å². The summed E-state index contributed by atoms with van der Waals surface area (Å²) >= 11 is 0. The van der Waals surface area contributed by atoms with Crippen molar-refractivity contribution >= 4 is 22.4 Å². The highest BCUT2D eigenvalue weighted by Gasteiger charge is 2.22. The van der Waals surface area contributed by atoms with Gasteiger partial charge in [0.25, 0.3) is 0 Å². The number of aromatic amines is 1. The van der Waals surface area contributed by atoms with Crippen LogP contribution in [0.3, 0.4) is 0 Å². The van der Waals surface area contributed by atoms with Crippen LogP contribution in [0.1, 0.15) is 38.2 Å². The number of para-hydroxylation sites is 1. The predicted molar refractivity (Wildman–Crippen MR) is 74.4 cm³/mol. The molecule has 1 aromatic carbocycles. The zero-order chi connectivity index (χ0) is 13.1. The number of carbonyl (C=O) groups excluding carboxylic acids is 1. The maximum atomic E-state index is 11.7. The lowest BCUT2D eigenvalue weighted by Crippen LogP contribution is -2.20. The van der Waals surface area contributed by atoms with Crippen LogP contribution in [0.2, 0.25) is 0 Å². The average Bonchev–Trinajstić information content (AvgIpc) is 2.83. The Hall–Kier alpha value is -1.90. The lowest BCUT2D eigenvalue weighted by molar-refractivity contribution is -0.112. The quantitative estimate of drug-likeness (QED) is 0.772. The first-order chi connectivity index (χ1) is 8.69. The van der Waals surface area contributed by atoms with Crippen molar-refractivity contribution in [2.75, 3.05) is 0 Å². The van der Waals surface area contributed by atoms with E-state index < -0.39 is 0 Å². The smallest absolute Gasteiger partial charge is 0.176 e. The third kappa shape index (κ3) is 2.08. The topological polar surface area (TPSA) is 56.7 Å². The molecule has 1 aromatic heterocycles. The van der Waals surface area contributed by atoms with Gasteiger partial charge in [0.2, 0.25) is 0 Å². The second-order valence-electron chi connectivity index (χ2n) is 4.44. The van der Waals surface area contributed by atoms with Crippen LogP contribution in [-0.2, 0) is 4.79 Å². The molecular formula is C15H18N2O. The summed E-state index contributed by atoms with van der Waals surface area (Å²) in [6.07, 6.45) is 3.10. The van der Waals surface area contributed by atoms with Gasteiger partial charge in [0.1, 0.15) is 0 Å². The van der Waals surface area contributed by atoms with E-state index in [1.165, 1.54) is 0 Å². The van der Waals surface area contributed by atoms with Gasteiger partial charge < -0.3 is 10.4 Å². The number of H-pyrrole nitrogens is 1. The number of carbonyl (C=O) groups is 1. The van der Waals surface area contributed by atoms with Gasteiger partial charge in [-0.2, -0.15) is 0 Å². The SMILES string of the molecule is CCC(=O)C(=N)C(CC)c1c[nH]c2ccccc12. The van der Waals surface area contributed by atoms with Crippen LogP contribution in [0, 0.1) is 5.41 Å². The Morgan fingerprint density at radius 3 is 2.72 bits per heavy atom.